The van der Waals surface area contributed by atoms with Crippen LogP contribution in [0.4, 0.5) is 0 Å². The van der Waals surface area contributed by atoms with Gasteiger partial charge >= 0.3 is 17.9 Å². The Morgan fingerprint density at radius 2 is 1.26 bits per heavy atom. The van der Waals surface area contributed by atoms with Crippen LogP contribution in [-0.4, -0.2) is 37.7 Å². The van der Waals surface area contributed by atoms with Gasteiger partial charge in [-0.2, -0.15) is 0 Å². The maximum atomic E-state index is 12.9. The van der Waals surface area contributed by atoms with Gasteiger partial charge < -0.3 is 14.2 Å². The molecule has 1 aliphatic rings. The predicted molar refractivity (Wildman–Crippen MR) is 132 cm³/mol. The molecule has 6 heteroatoms. The molecule has 0 fully saturated rings. The molecule has 0 aliphatic carbocycles. The standard InChI is InChI=1S/C29H34O6/c1-29(2)21-35-27(31)24(26(30)33-19-11-9-17-22-13-5-3-6-14-22)25(29)28(32)34-20-12-10-18-23-15-7-4-8-16-23/h3-8,13-16H,9-12,17-21H2,1-2H3. The summed E-state index contributed by atoms with van der Waals surface area (Å²) >= 11 is 0. The monoisotopic (exact) mass is 478 g/mol. The van der Waals surface area contributed by atoms with Gasteiger partial charge in [0.2, 0.25) is 0 Å². The Labute approximate surface area is 207 Å². The van der Waals surface area contributed by atoms with Gasteiger partial charge in [0, 0.05) is 5.41 Å². The summed E-state index contributed by atoms with van der Waals surface area (Å²) in [4.78, 5) is 38.2. The van der Waals surface area contributed by atoms with Crippen LogP contribution in [0.25, 0.3) is 0 Å². The van der Waals surface area contributed by atoms with Crippen molar-refractivity contribution in [1.82, 2.24) is 0 Å². The van der Waals surface area contributed by atoms with Gasteiger partial charge in [0.1, 0.15) is 6.61 Å². The highest BCUT2D eigenvalue weighted by molar-refractivity contribution is 6.20. The number of esters is 3. The zero-order valence-electron chi connectivity index (χ0n) is 20.6. The lowest BCUT2D eigenvalue weighted by Crippen LogP contribution is -2.39. The second-order valence-corrected chi connectivity index (χ2v) is 9.37. The van der Waals surface area contributed by atoms with Gasteiger partial charge in [0.05, 0.1) is 18.8 Å². The van der Waals surface area contributed by atoms with Crippen molar-refractivity contribution in [2.75, 3.05) is 19.8 Å². The van der Waals surface area contributed by atoms with E-state index in [2.05, 4.69) is 24.3 Å². The van der Waals surface area contributed by atoms with E-state index in [1.54, 1.807) is 13.8 Å². The highest BCUT2D eigenvalue weighted by Crippen LogP contribution is 2.35. The second kappa shape index (κ2) is 12.9. The van der Waals surface area contributed by atoms with Gasteiger partial charge in [-0.1, -0.05) is 74.5 Å². The Morgan fingerprint density at radius 1 is 0.771 bits per heavy atom. The molecule has 2 aromatic carbocycles. The first-order chi connectivity index (χ1) is 16.9. The fourth-order valence-electron chi connectivity index (χ4n) is 4.02. The van der Waals surface area contributed by atoms with E-state index in [0.29, 0.717) is 12.8 Å². The first-order valence-corrected chi connectivity index (χ1v) is 12.2. The highest BCUT2D eigenvalue weighted by Gasteiger charge is 2.44. The number of benzene rings is 2. The van der Waals surface area contributed by atoms with Crippen LogP contribution in [0, 0.1) is 5.41 Å². The largest absolute Gasteiger partial charge is 0.462 e. The molecule has 0 aromatic heterocycles. The van der Waals surface area contributed by atoms with Gasteiger partial charge in [-0.3, -0.25) is 0 Å². The molecule has 0 amide bonds. The SMILES string of the molecule is CC1(C)COC(=O)C(C(=O)OCCCCc2ccccc2)=C1C(=O)OCCCCc1ccccc1. The summed E-state index contributed by atoms with van der Waals surface area (Å²) in [7, 11) is 0. The Balaban J connectivity index is 1.53. The summed E-state index contributed by atoms with van der Waals surface area (Å²) in [5.74, 6) is -2.34. The molecule has 0 saturated heterocycles. The van der Waals surface area contributed by atoms with Crippen LogP contribution < -0.4 is 0 Å². The molecule has 0 atom stereocenters. The van der Waals surface area contributed by atoms with E-state index in [0.717, 1.165) is 25.7 Å². The van der Waals surface area contributed by atoms with Crippen LogP contribution in [0.2, 0.25) is 0 Å². The number of hydrogen-bond acceptors (Lipinski definition) is 6. The zero-order chi connectivity index (χ0) is 25.1. The molecule has 35 heavy (non-hydrogen) atoms. The Hall–Kier alpha value is -3.41. The van der Waals surface area contributed by atoms with E-state index in [4.69, 9.17) is 14.2 Å². The Morgan fingerprint density at radius 3 is 1.77 bits per heavy atom. The van der Waals surface area contributed by atoms with Crippen molar-refractivity contribution in [3.05, 3.63) is 82.9 Å². The molecule has 0 bridgehead atoms. The molecule has 186 valence electrons. The zero-order valence-corrected chi connectivity index (χ0v) is 20.6. The third kappa shape index (κ3) is 7.81. The van der Waals surface area contributed by atoms with Crippen molar-refractivity contribution in [2.45, 2.75) is 52.4 Å². The molecule has 0 radical (unpaired) electrons. The van der Waals surface area contributed by atoms with Crippen molar-refractivity contribution in [2.24, 2.45) is 5.41 Å². The molecule has 0 unspecified atom stereocenters. The lowest BCUT2D eigenvalue weighted by Gasteiger charge is -2.31. The number of cyclic esters (lactones) is 1. The van der Waals surface area contributed by atoms with Crippen LogP contribution in [0.5, 0.6) is 0 Å². The van der Waals surface area contributed by atoms with Crippen LogP contribution in [0.1, 0.15) is 50.7 Å². The minimum atomic E-state index is -0.851. The van der Waals surface area contributed by atoms with Gasteiger partial charge in [0.25, 0.3) is 0 Å². The number of unbranched alkanes of at least 4 members (excludes halogenated alkanes) is 2. The van der Waals surface area contributed by atoms with Crippen molar-refractivity contribution < 1.29 is 28.6 Å². The van der Waals surface area contributed by atoms with Crippen molar-refractivity contribution in [3.8, 4) is 0 Å². The topological polar surface area (TPSA) is 78.9 Å². The number of carbonyl (C=O) groups excluding carboxylic acids is 3. The molecule has 1 heterocycles. The number of ether oxygens (including phenoxy) is 3. The lowest BCUT2D eigenvalue weighted by atomic mass is 9.80. The van der Waals surface area contributed by atoms with Gasteiger partial charge in [0.15, 0.2) is 5.57 Å². The van der Waals surface area contributed by atoms with E-state index in [1.165, 1.54) is 11.1 Å². The molecule has 0 spiro atoms. The molecule has 0 N–H and O–H groups in total. The molecule has 0 saturated carbocycles. The fraction of sp³-hybridized carbons (Fsp3) is 0.414. The summed E-state index contributed by atoms with van der Waals surface area (Å²) in [6.07, 6.45) is 4.79. The maximum absolute atomic E-state index is 12.9. The number of aryl methyl sites for hydroxylation is 2. The van der Waals surface area contributed by atoms with Crippen molar-refractivity contribution >= 4 is 17.9 Å². The summed E-state index contributed by atoms with van der Waals surface area (Å²) in [5, 5.41) is 0. The molecule has 2 aromatic rings. The summed E-state index contributed by atoms with van der Waals surface area (Å²) in [6, 6.07) is 20.1. The first-order valence-electron chi connectivity index (χ1n) is 12.2. The quantitative estimate of drug-likeness (QED) is 0.185. The Kier molecular flexibility index (Phi) is 9.65. The van der Waals surface area contributed by atoms with Crippen LogP contribution in [-0.2, 0) is 41.4 Å². The normalized spacial score (nSPS) is 14.9. The van der Waals surface area contributed by atoms with Crippen LogP contribution in [0.15, 0.2) is 71.8 Å². The molecular formula is C29H34O6. The summed E-state index contributed by atoms with van der Waals surface area (Å²) < 4.78 is 16.0. The predicted octanol–water partition coefficient (Wildman–Crippen LogP) is 5.00. The smallest absolute Gasteiger partial charge is 0.346 e. The minimum Gasteiger partial charge on any atom is -0.462 e. The average molecular weight is 479 g/mol. The minimum absolute atomic E-state index is 0.00186. The van der Waals surface area contributed by atoms with Crippen molar-refractivity contribution in [3.63, 3.8) is 0 Å². The summed E-state index contributed by atoms with van der Waals surface area (Å²) in [5.41, 5.74) is 1.28. The number of hydrogen-bond donors (Lipinski definition) is 0. The maximum Gasteiger partial charge on any atom is 0.346 e. The third-order valence-corrected chi connectivity index (χ3v) is 5.97. The van der Waals surface area contributed by atoms with Crippen LogP contribution >= 0.6 is 0 Å². The lowest BCUT2D eigenvalue weighted by molar-refractivity contribution is -0.154. The third-order valence-electron chi connectivity index (χ3n) is 5.97. The molecule has 6 nitrogen and oxygen atoms in total. The Bertz CT molecular complexity index is 1020. The van der Waals surface area contributed by atoms with Crippen molar-refractivity contribution in [1.29, 1.82) is 0 Å². The van der Waals surface area contributed by atoms with Crippen LogP contribution in [0.3, 0.4) is 0 Å². The second-order valence-electron chi connectivity index (χ2n) is 9.37. The fourth-order valence-corrected chi connectivity index (χ4v) is 4.02. The van der Waals surface area contributed by atoms with Gasteiger partial charge in [-0.05, 0) is 49.7 Å². The van der Waals surface area contributed by atoms with E-state index in [9.17, 15) is 14.4 Å². The molecule has 1 aliphatic heterocycles. The van der Waals surface area contributed by atoms with E-state index < -0.39 is 23.3 Å². The van der Waals surface area contributed by atoms with E-state index in [-0.39, 0.29) is 31.0 Å². The summed E-state index contributed by atoms with van der Waals surface area (Å²) in [6.45, 7) is 3.86. The number of carbonyl (C=O) groups is 3. The van der Waals surface area contributed by atoms with Gasteiger partial charge in [-0.25, -0.2) is 14.4 Å². The van der Waals surface area contributed by atoms with Gasteiger partial charge in [-0.15, -0.1) is 0 Å². The van der Waals surface area contributed by atoms with E-state index >= 15 is 0 Å². The highest BCUT2D eigenvalue weighted by atomic mass is 16.6. The molecular weight excluding hydrogens is 444 g/mol. The molecule has 3 rings (SSSR count). The van der Waals surface area contributed by atoms with E-state index in [1.807, 2.05) is 36.4 Å². The first kappa shape index (κ1) is 26.2. The average Bonchev–Trinajstić information content (AvgIpc) is 2.85. The number of rotatable bonds is 12.